The van der Waals surface area contributed by atoms with Gasteiger partial charge in [-0.1, -0.05) is 39.7 Å². The number of hydrazone groups is 1. The van der Waals surface area contributed by atoms with Gasteiger partial charge >= 0.3 is 0 Å². The Kier molecular flexibility index (Phi) is 7.02. The highest BCUT2D eigenvalue weighted by atomic mass is 79.9. The van der Waals surface area contributed by atoms with Crippen molar-refractivity contribution in [2.75, 3.05) is 5.32 Å². The van der Waals surface area contributed by atoms with Crippen LogP contribution in [0.3, 0.4) is 0 Å². The second kappa shape index (κ2) is 9.69. The van der Waals surface area contributed by atoms with Crippen LogP contribution in [0.25, 0.3) is 0 Å². The van der Waals surface area contributed by atoms with Crippen molar-refractivity contribution in [3.8, 4) is 5.75 Å². The summed E-state index contributed by atoms with van der Waals surface area (Å²) in [6.45, 7) is 1.95. The predicted octanol–water partition coefficient (Wildman–Crippen LogP) is 5.24. The number of hydrogen-bond acceptors (Lipinski definition) is 4. The van der Waals surface area contributed by atoms with Gasteiger partial charge in [-0.25, -0.2) is 5.43 Å². The van der Waals surface area contributed by atoms with E-state index in [1.807, 2.05) is 19.1 Å². The summed E-state index contributed by atoms with van der Waals surface area (Å²) in [7, 11) is 0. The van der Waals surface area contributed by atoms with Gasteiger partial charge in [-0.05, 0) is 65.3 Å². The molecule has 0 radical (unpaired) electrons. The summed E-state index contributed by atoms with van der Waals surface area (Å²) >= 11 is 6.57. The predicted molar refractivity (Wildman–Crippen MR) is 124 cm³/mol. The van der Waals surface area contributed by atoms with Gasteiger partial charge in [0.25, 0.3) is 11.8 Å². The molecule has 3 N–H and O–H groups in total. The molecule has 0 bridgehead atoms. The molecule has 30 heavy (non-hydrogen) atoms. The first-order valence-corrected chi connectivity index (χ1v) is 10.4. The summed E-state index contributed by atoms with van der Waals surface area (Å²) in [5, 5.41) is 16.7. The van der Waals surface area contributed by atoms with Crippen molar-refractivity contribution in [2.24, 2.45) is 5.10 Å². The molecule has 3 aromatic rings. The Hall–Kier alpha value is -2.97. The summed E-state index contributed by atoms with van der Waals surface area (Å²) in [6.07, 6.45) is 1.34. The molecule has 3 aromatic carbocycles. The lowest BCUT2D eigenvalue weighted by molar-refractivity contribution is 0.0953. The van der Waals surface area contributed by atoms with E-state index in [9.17, 15) is 14.7 Å². The molecule has 2 amide bonds. The number of carbonyl (C=O) groups is 2. The van der Waals surface area contributed by atoms with Crippen LogP contribution in [0.15, 0.2) is 74.7 Å². The SMILES string of the molecule is Cc1ccc(C(=O)Nc2cccc(C(=O)NN=Cc3cc(Br)cc(Br)c3O)c2)cc1. The number of amides is 2. The molecule has 0 fully saturated rings. The minimum atomic E-state index is -0.453. The number of carbonyl (C=O) groups excluding carboxylic acids is 2. The third kappa shape index (κ3) is 5.55. The number of aromatic hydroxyl groups is 1. The fourth-order valence-electron chi connectivity index (χ4n) is 2.56. The smallest absolute Gasteiger partial charge is 0.271 e. The number of aryl methyl sites for hydroxylation is 1. The Bertz CT molecular complexity index is 1130. The van der Waals surface area contributed by atoms with Crippen molar-refractivity contribution in [1.82, 2.24) is 5.43 Å². The lowest BCUT2D eigenvalue weighted by Crippen LogP contribution is -2.18. The fourth-order valence-corrected chi connectivity index (χ4v) is 3.81. The lowest BCUT2D eigenvalue weighted by Gasteiger charge is -2.07. The average molecular weight is 531 g/mol. The summed E-state index contributed by atoms with van der Waals surface area (Å²) in [5.41, 5.74) is 5.25. The molecule has 0 spiro atoms. The second-order valence-corrected chi connectivity index (χ2v) is 8.20. The Balaban J connectivity index is 1.67. The van der Waals surface area contributed by atoms with Crippen molar-refractivity contribution >= 4 is 55.6 Å². The first-order valence-electron chi connectivity index (χ1n) is 8.83. The Morgan fingerprint density at radius 2 is 1.70 bits per heavy atom. The van der Waals surface area contributed by atoms with Gasteiger partial charge in [-0.3, -0.25) is 9.59 Å². The van der Waals surface area contributed by atoms with E-state index < -0.39 is 5.91 Å². The molecule has 0 heterocycles. The molecule has 0 aromatic heterocycles. The number of rotatable bonds is 5. The van der Waals surface area contributed by atoms with Gasteiger partial charge in [0.2, 0.25) is 0 Å². The van der Waals surface area contributed by atoms with Gasteiger partial charge in [0.05, 0.1) is 10.7 Å². The highest BCUT2D eigenvalue weighted by molar-refractivity contribution is 9.11. The number of nitrogens with zero attached hydrogens (tertiary/aromatic N) is 1. The van der Waals surface area contributed by atoms with Crippen molar-refractivity contribution in [3.63, 3.8) is 0 Å². The van der Waals surface area contributed by atoms with Gasteiger partial charge in [0.1, 0.15) is 5.75 Å². The molecular weight excluding hydrogens is 514 g/mol. The highest BCUT2D eigenvalue weighted by Crippen LogP contribution is 2.30. The van der Waals surface area contributed by atoms with Crippen LogP contribution in [0.1, 0.15) is 31.8 Å². The van der Waals surface area contributed by atoms with E-state index in [0.717, 1.165) is 10.0 Å². The Morgan fingerprint density at radius 1 is 0.967 bits per heavy atom. The monoisotopic (exact) mass is 529 g/mol. The minimum Gasteiger partial charge on any atom is -0.506 e. The minimum absolute atomic E-state index is 0.0111. The van der Waals surface area contributed by atoms with Gasteiger partial charge in [-0.2, -0.15) is 5.10 Å². The molecule has 3 rings (SSSR count). The molecule has 0 saturated heterocycles. The second-order valence-electron chi connectivity index (χ2n) is 6.43. The van der Waals surface area contributed by atoms with Crippen molar-refractivity contribution < 1.29 is 14.7 Å². The summed E-state index contributed by atoms with van der Waals surface area (Å²) in [6, 6.07) is 17.1. The van der Waals surface area contributed by atoms with E-state index in [4.69, 9.17) is 0 Å². The molecule has 0 saturated carbocycles. The maximum absolute atomic E-state index is 12.4. The number of hydrogen-bond donors (Lipinski definition) is 3. The zero-order valence-corrected chi connectivity index (χ0v) is 19.0. The topological polar surface area (TPSA) is 90.8 Å². The van der Waals surface area contributed by atoms with Crippen LogP contribution < -0.4 is 10.7 Å². The normalized spacial score (nSPS) is 10.8. The van der Waals surface area contributed by atoms with Crippen molar-refractivity contribution in [2.45, 2.75) is 6.92 Å². The molecular formula is C22H17Br2N3O3. The number of halogens is 2. The number of phenolic OH excluding ortho intramolecular Hbond substituents is 1. The molecule has 0 atom stereocenters. The average Bonchev–Trinajstić information content (AvgIpc) is 2.72. The van der Waals surface area contributed by atoms with Crippen LogP contribution in [-0.4, -0.2) is 23.1 Å². The zero-order chi connectivity index (χ0) is 21.7. The van der Waals surface area contributed by atoms with Gasteiger partial charge < -0.3 is 10.4 Å². The maximum Gasteiger partial charge on any atom is 0.271 e. The summed E-state index contributed by atoms with van der Waals surface area (Å²) in [4.78, 5) is 24.7. The first-order chi connectivity index (χ1) is 14.3. The molecule has 6 nitrogen and oxygen atoms in total. The van der Waals surface area contributed by atoms with Crippen LogP contribution in [0.2, 0.25) is 0 Å². The van der Waals surface area contributed by atoms with Crippen molar-refractivity contribution in [1.29, 1.82) is 0 Å². The molecule has 0 aliphatic rings. The molecule has 152 valence electrons. The van der Waals surface area contributed by atoms with E-state index in [1.54, 1.807) is 48.5 Å². The third-order valence-corrected chi connectivity index (χ3v) is 5.19. The van der Waals surface area contributed by atoms with Gasteiger partial charge in [0.15, 0.2) is 0 Å². The Morgan fingerprint density at radius 3 is 2.43 bits per heavy atom. The van der Waals surface area contributed by atoms with E-state index >= 15 is 0 Å². The zero-order valence-electron chi connectivity index (χ0n) is 15.8. The largest absolute Gasteiger partial charge is 0.506 e. The van der Waals surface area contributed by atoms with Crippen LogP contribution in [0.4, 0.5) is 5.69 Å². The van der Waals surface area contributed by atoms with Gasteiger partial charge in [0, 0.05) is 26.9 Å². The van der Waals surface area contributed by atoms with E-state index in [1.165, 1.54) is 6.21 Å². The first kappa shape index (κ1) is 21.7. The maximum atomic E-state index is 12.4. The molecule has 0 unspecified atom stereocenters. The van der Waals surface area contributed by atoms with Crippen LogP contribution in [0.5, 0.6) is 5.75 Å². The van der Waals surface area contributed by atoms with E-state index in [2.05, 4.69) is 47.7 Å². The number of anilines is 1. The van der Waals surface area contributed by atoms with Crippen LogP contribution >= 0.6 is 31.9 Å². The summed E-state index contributed by atoms with van der Waals surface area (Å²) in [5.74, 6) is -0.704. The van der Waals surface area contributed by atoms with Crippen LogP contribution in [0, 0.1) is 6.92 Å². The van der Waals surface area contributed by atoms with Crippen molar-refractivity contribution in [3.05, 3.63) is 91.9 Å². The van der Waals surface area contributed by atoms with Crippen LogP contribution in [-0.2, 0) is 0 Å². The standard InChI is InChI=1S/C22H17Br2N3O3/c1-13-5-7-14(8-6-13)21(29)26-18-4-2-3-15(10-18)22(30)27-25-12-16-9-17(23)11-19(24)20(16)28/h2-12,28H,1H3,(H,26,29)(H,27,30). The number of benzene rings is 3. The quantitative estimate of drug-likeness (QED) is 0.311. The fraction of sp³-hybridized carbons (Fsp3) is 0.0455. The number of nitrogens with one attached hydrogen (secondary N) is 2. The lowest BCUT2D eigenvalue weighted by atomic mass is 10.1. The Labute approximate surface area is 190 Å². The molecule has 0 aliphatic carbocycles. The highest BCUT2D eigenvalue weighted by Gasteiger charge is 2.10. The van der Waals surface area contributed by atoms with Gasteiger partial charge in [-0.15, -0.1) is 0 Å². The molecule has 8 heteroatoms. The number of phenols is 1. The third-order valence-electron chi connectivity index (χ3n) is 4.12. The van der Waals surface area contributed by atoms with E-state index in [0.29, 0.717) is 26.9 Å². The molecule has 0 aliphatic heterocycles. The van der Waals surface area contributed by atoms with E-state index in [-0.39, 0.29) is 11.7 Å². The summed E-state index contributed by atoms with van der Waals surface area (Å²) < 4.78 is 1.25.